The number of nitrogens with zero attached hydrogens (tertiary/aromatic N) is 2. The van der Waals surface area contributed by atoms with E-state index in [4.69, 9.17) is 0 Å². The van der Waals surface area contributed by atoms with Gasteiger partial charge < -0.3 is 5.32 Å². The highest BCUT2D eigenvalue weighted by molar-refractivity contribution is 5.70. The van der Waals surface area contributed by atoms with Crippen LogP contribution in [0.1, 0.15) is 43.4 Å². The van der Waals surface area contributed by atoms with Crippen LogP contribution in [0.4, 0.5) is 5.82 Å². The van der Waals surface area contributed by atoms with Crippen molar-refractivity contribution in [2.75, 3.05) is 11.9 Å². The van der Waals surface area contributed by atoms with Crippen LogP contribution in [0, 0.1) is 13.8 Å². The molecule has 3 nitrogen and oxygen atoms in total. The molecule has 1 aromatic heterocycles. The third-order valence-corrected chi connectivity index (χ3v) is 3.59. The van der Waals surface area contributed by atoms with Crippen LogP contribution in [-0.4, -0.2) is 16.5 Å². The lowest BCUT2D eigenvalue weighted by Gasteiger charge is -2.17. The van der Waals surface area contributed by atoms with Gasteiger partial charge in [0.05, 0.1) is 5.69 Å². The zero-order valence-electron chi connectivity index (χ0n) is 13.0. The molecular formula is C17H23N3. The maximum absolute atomic E-state index is 4.53. The molecule has 20 heavy (non-hydrogen) atoms. The molecule has 0 aliphatic heterocycles. The second-order valence-corrected chi connectivity index (χ2v) is 5.47. The molecule has 1 heterocycles. The third-order valence-electron chi connectivity index (χ3n) is 3.59. The fraction of sp³-hybridized carbons (Fsp3) is 0.412. The van der Waals surface area contributed by atoms with Gasteiger partial charge >= 0.3 is 0 Å². The Morgan fingerprint density at radius 2 is 1.85 bits per heavy atom. The van der Waals surface area contributed by atoms with E-state index in [-0.39, 0.29) is 0 Å². The van der Waals surface area contributed by atoms with Crippen LogP contribution in [0.15, 0.2) is 24.5 Å². The first-order chi connectivity index (χ1) is 9.54. The molecule has 0 aliphatic rings. The van der Waals surface area contributed by atoms with E-state index < -0.39 is 0 Å². The van der Waals surface area contributed by atoms with Gasteiger partial charge in [-0.1, -0.05) is 26.0 Å². The summed E-state index contributed by atoms with van der Waals surface area (Å²) in [5.74, 6) is 1.33. The van der Waals surface area contributed by atoms with E-state index in [1.54, 1.807) is 6.33 Å². The average Bonchev–Trinajstić information content (AvgIpc) is 2.42. The Labute approximate surface area is 121 Å². The molecule has 0 unspecified atom stereocenters. The number of hydrogen-bond donors (Lipinski definition) is 1. The molecule has 0 bridgehead atoms. The zero-order valence-corrected chi connectivity index (χ0v) is 13.0. The minimum atomic E-state index is 0.377. The minimum absolute atomic E-state index is 0.377. The van der Waals surface area contributed by atoms with Gasteiger partial charge in [-0.3, -0.25) is 0 Å². The van der Waals surface area contributed by atoms with Crippen LogP contribution < -0.4 is 5.32 Å². The van der Waals surface area contributed by atoms with Gasteiger partial charge in [0.25, 0.3) is 0 Å². The summed E-state index contributed by atoms with van der Waals surface area (Å²) >= 11 is 0. The lowest BCUT2D eigenvalue weighted by Crippen LogP contribution is -2.07. The summed E-state index contributed by atoms with van der Waals surface area (Å²) in [7, 11) is 0. The van der Waals surface area contributed by atoms with Crippen molar-refractivity contribution in [3.05, 3.63) is 41.2 Å². The Hall–Kier alpha value is -1.90. The fourth-order valence-electron chi connectivity index (χ4n) is 2.37. The fourth-order valence-corrected chi connectivity index (χ4v) is 2.37. The second-order valence-electron chi connectivity index (χ2n) is 5.47. The quantitative estimate of drug-likeness (QED) is 0.898. The molecule has 0 spiro atoms. The van der Waals surface area contributed by atoms with Crippen molar-refractivity contribution in [2.45, 2.75) is 40.5 Å². The first kappa shape index (κ1) is 14.5. The third kappa shape index (κ3) is 2.82. The number of aromatic nitrogens is 2. The van der Waals surface area contributed by atoms with Gasteiger partial charge in [-0.2, -0.15) is 0 Å². The summed E-state index contributed by atoms with van der Waals surface area (Å²) in [5, 5.41) is 3.34. The topological polar surface area (TPSA) is 37.8 Å². The van der Waals surface area contributed by atoms with E-state index in [9.17, 15) is 0 Å². The van der Waals surface area contributed by atoms with Crippen LogP contribution in [0.25, 0.3) is 11.3 Å². The Bertz CT molecular complexity index is 603. The standard InChI is InChI=1S/C17H23N3/c1-6-18-17-15(11(2)3)16(19-10-20-17)14-8-7-12(4)13(5)9-14/h7-11H,6H2,1-5H3,(H,18,19,20). The predicted molar refractivity (Wildman–Crippen MR) is 85.2 cm³/mol. The van der Waals surface area contributed by atoms with E-state index >= 15 is 0 Å². The highest BCUT2D eigenvalue weighted by atomic mass is 15.0. The number of anilines is 1. The summed E-state index contributed by atoms with van der Waals surface area (Å²) in [5.41, 5.74) is 5.99. The number of benzene rings is 1. The molecule has 2 rings (SSSR count). The molecule has 0 fully saturated rings. The molecule has 106 valence electrons. The second kappa shape index (κ2) is 6.04. The van der Waals surface area contributed by atoms with Gasteiger partial charge in [0.15, 0.2) is 0 Å². The van der Waals surface area contributed by atoms with Gasteiger partial charge in [0, 0.05) is 17.7 Å². The Morgan fingerprint density at radius 3 is 2.45 bits per heavy atom. The highest BCUT2D eigenvalue weighted by Gasteiger charge is 2.16. The number of nitrogens with one attached hydrogen (secondary N) is 1. The number of rotatable bonds is 4. The van der Waals surface area contributed by atoms with Crippen LogP contribution in [-0.2, 0) is 0 Å². The Morgan fingerprint density at radius 1 is 1.10 bits per heavy atom. The van der Waals surface area contributed by atoms with Crippen LogP contribution >= 0.6 is 0 Å². The molecule has 0 saturated carbocycles. The van der Waals surface area contributed by atoms with E-state index in [0.29, 0.717) is 5.92 Å². The summed E-state index contributed by atoms with van der Waals surface area (Å²) in [6.45, 7) is 11.6. The molecule has 0 aliphatic carbocycles. The first-order valence-corrected chi connectivity index (χ1v) is 7.21. The van der Waals surface area contributed by atoms with Crippen LogP contribution in [0.3, 0.4) is 0 Å². The van der Waals surface area contributed by atoms with Crippen molar-refractivity contribution in [3.63, 3.8) is 0 Å². The highest BCUT2D eigenvalue weighted by Crippen LogP contribution is 2.32. The molecule has 0 amide bonds. The SMILES string of the molecule is CCNc1ncnc(-c2ccc(C)c(C)c2)c1C(C)C. The summed E-state index contributed by atoms with van der Waals surface area (Å²) in [6, 6.07) is 6.51. The minimum Gasteiger partial charge on any atom is -0.370 e. The van der Waals surface area contributed by atoms with Gasteiger partial charge in [-0.05, 0) is 43.9 Å². The van der Waals surface area contributed by atoms with Gasteiger partial charge in [0.2, 0.25) is 0 Å². The van der Waals surface area contributed by atoms with Gasteiger partial charge in [-0.25, -0.2) is 9.97 Å². The monoisotopic (exact) mass is 269 g/mol. The lowest BCUT2D eigenvalue weighted by atomic mass is 9.95. The van der Waals surface area contributed by atoms with Crippen molar-refractivity contribution in [1.29, 1.82) is 0 Å². The Balaban J connectivity index is 2.60. The van der Waals surface area contributed by atoms with Crippen molar-refractivity contribution < 1.29 is 0 Å². The molecule has 2 aromatic rings. The molecule has 1 aromatic carbocycles. The zero-order chi connectivity index (χ0) is 14.7. The molecule has 0 atom stereocenters. The van der Waals surface area contributed by atoms with E-state index in [1.165, 1.54) is 22.3 Å². The molecular weight excluding hydrogens is 246 g/mol. The summed E-state index contributed by atoms with van der Waals surface area (Å²) in [4.78, 5) is 8.93. The Kier molecular flexibility index (Phi) is 4.38. The van der Waals surface area contributed by atoms with Crippen molar-refractivity contribution in [3.8, 4) is 11.3 Å². The van der Waals surface area contributed by atoms with Crippen molar-refractivity contribution in [2.24, 2.45) is 0 Å². The number of aryl methyl sites for hydroxylation is 2. The molecule has 1 N–H and O–H groups in total. The van der Waals surface area contributed by atoms with Crippen molar-refractivity contribution in [1.82, 2.24) is 9.97 Å². The van der Waals surface area contributed by atoms with Crippen LogP contribution in [0.5, 0.6) is 0 Å². The van der Waals surface area contributed by atoms with Crippen molar-refractivity contribution >= 4 is 5.82 Å². The van der Waals surface area contributed by atoms with Crippen LogP contribution in [0.2, 0.25) is 0 Å². The molecule has 3 heteroatoms. The maximum atomic E-state index is 4.53. The average molecular weight is 269 g/mol. The first-order valence-electron chi connectivity index (χ1n) is 7.21. The summed E-state index contributed by atoms with van der Waals surface area (Å²) in [6.07, 6.45) is 1.65. The van der Waals surface area contributed by atoms with E-state index in [1.807, 2.05) is 0 Å². The van der Waals surface area contributed by atoms with E-state index in [2.05, 4.69) is 68.1 Å². The predicted octanol–water partition coefficient (Wildman–Crippen LogP) is 4.32. The largest absolute Gasteiger partial charge is 0.370 e. The van der Waals surface area contributed by atoms with Gasteiger partial charge in [0.1, 0.15) is 12.1 Å². The molecule has 0 radical (unpaired) electrons. The number of hydrogen-bond acceptors (Lipinski definition) is 3. The lowest BCUT2D eigenvalue weighted by molar-refractivity contribution is 0.849. The van der Waals surface area contributed by atoms with Gasteiger partial charge in [-0.15, -0.1) is 0 Å². The normalized spacial score (nSPS) is 10.9. The maximum Gasteiger partial charge on any atom is 0.133 e. The smallest absolute Gasteiger partial charge is 0.133 e. The molecule has 0 saturated heterocycles. The summed E-state index contributed by atoms with van der Waals surface area (Å²) < 4.78 is 0. The van der Waals surface area contributed by atoms with E-state index in [0.717, 1.165) is 18.1 Å².